The summed E-state index contributed by atoms with van der Waals surface area (Å²) < 4.78 is 4.70. The molecule has 0 spiro atoms. The van der Waals surface area contributed by atoms with E-state index < -0.39 is 0 Å². The summed E-state index contributed by atoms with van der Waals surface area (Å²) in [5, 5.41) is 0. The minimum atomic E-state index is -0.311. The minimum absolute atomic E-state index is 0.311. The lowest BCUT2D eigenvalue weighted by atomic mass is 10.3. The fraction of sp³-hybridized carbons (Fsp3) is 0.333. The van der Waals surface area contributed by atoms with Gasteiger partial charge in [0.1, 0.15) is 5.82 Å². The maximum atomic E-state index is 10.8. The number of hydrogen-bond acceptors (Lipinski definition) is 3. The Morgan fingerprint density at radius 3 is 3.23 bits per heavy atom. The molecule has 0 bridgehead atoms. The van der Waals surface area contributed by atoms with Crippen LogP contribution in [0.1, 0.15) is 12.7 Å². The molecule has 0 atom stereocenters. The van der Waals surface area contributed by atoms with Crippen molar-refractivity contribution in [2.45, 2.75) is 13.3 Å². The number of aromatic amines is 1. The minimum Gasteiger partial charge on any atom is -0.463 e. The highest BCUT2D eigenvalue weighted by Gasteiger charge is 1.93. The smallest absolute Gasteiger partial charge is 0.330 e. The van der Waals surface area contributed by atoms with Gasteiger partial charge in [-0.1, -0.05) is 6.08 Å². The Morgan fingerprint density at radius 1 is 1.77 bits per heavy atom. The van der Waals surface area contributed by atoms with Gasteiger partial charge in [0, 0.05) is 24.9 Å². The zero-order valence-electron chi connectivity index (χ0n) is 7.49. The molecule has 1 rings (SSSR count). The highest BCUT2D eigenvalue weighted by molar-refractivity contribution is 5.81. The molecule has 13 heavy (non-hydrogen) atoms. The van der Waals surface area contributed by atoms with Crippen molar-refractivity contribution in [3.05, 3.63) is 30.4 Å². The van der Waals surface area contributed by atoms with Crippen molar-refractivity contribution in [3.8, 4) is 0 Å². The molecule has 0 aromatic carbocycles. The monoisotopic (exact) mass is 180 g/mol. The zero-order chi connectivity index (χ0) is 9.52. The number of allylic oxidation sites excluding steroid dienone is 1. The van der Waals surface area contributed by atoms with Crippen molar-refractivity contribution in [2.24, 2.45) is 0 Å². The second-order valence-electron chi connectivity index (χ2n) is 2.39. The standard InChI is InChI=1S/C9H12N2O2/c1-2-13-9(12)5-3-4-8-10-6-7-11-8/h3,5-7H,2,4H2,1H3,(H,10,11). The molecular formula is C9H12N2O2. The van der Waals surface area contributed by atoms with E-state index >= 15 is 0 Å². The number of H-pyrrole nitrogens is 1. The first kappa shape index (κ1) is 9.51. The van der Waals surface area contributed by atoms with Crippen molar-refractivity contribution in [1.29, 1.82) is 0 Å². The number of nitrogens with zero attached hydrogens (tertiary/aromatic N) is 1. The number of carbonyl (C=O) groups is 1. The third-order valence-electron chi connectivity index (χ3n) is 1.41. The van der Waals surface area contributed by atoms with E-state index in [1.165, 1.54) is 6.08 Å². The molecule has 1 N–H and O–H groups in total. The van der Waals surface area contributed by atoms with Crippen LogP contribution in [0.15, 0.2) is 24.5 Å². The van der Waals surface area contributed by atoms with Crippen molar-refractivity contribution in [2.75, 3.05) is 6.61 Å². The normalized spacial score (nSPS) is 10.5. The van der Waals surface area contributed by atoms with E-state index in [4.69, 9.17) is 4.74 Å². The van der Waals surface area contributed by atoms with Gasteiger partial charge in [-0.3, -0.25) is 0 Å². The van der Waals surface area contributed by atoms with E-state index in [9.17, 15) is 4.79 Å². The molecule has 0 fully saturated rings. The third kappa shape index (κ3) is 3.55. The first-order valence-electron chi connectivity index (χ1n) is 4.14. The Hall–Kier alpha value is -1.58. The van der Waals surface area contributed by atoms with Crippen molar-refractivity contribution >= 4 is 5.97 Å². The molecule has 0 aliphatic heterocycles. The van der Waals surface area contributed by atoms with Gasteiger partial charge in [0.05, 0.1) is 6.61 Å². The SMILES string of the molecule is CCOC(=O)C=CCc1ncc[nH]1. The van der Waals surface area contributed by atoms with E-state index in [0.717, 1.165) is 5.82 Å². The summed E-state index contributed by atoms with van der Waals surface area (Å²) in [5.41, 5.74) is 0. The molecule has 4 heteroatoms. The molecule has 1 heterocycles. The van der Waals surface area contributed by atoms with Crippen LogP contribution in [0.2, 0.25) is 0 Å². The predicted molar refractivity (Wildman–Crippen MR) is 48.1 cm³/mol. The van der Waals surface area contributed by atoms with Crippen LogP contribution in [0.25, 0.3) is 0 Å². The van der Waals surface area contributed by atoms with Gasteiger partial charge in [-0.2, -0.15) is 0 Å². The second-order valence-corrected chi connectivity index (χ2v) is 2.39. The van der Waals surface area contributed by atoms with Crippen LogP contribution in [0.4, 0.5) is 0 Å². The van der Waals surface area contributed by atoms with Gasteiger partial charge in [0.25, 0.3) is 0 Å². The average molecular weight is 180 g/mol. The molecule has 1 aromatic heterocycles. The Kier molecular flexibility index (Phi) is 3.75. The molecule has 4 nitrogen and oxygen atoms in total. The molecule has 0 aliphatic carbocycles. The number of ether oxygens (including phenoxy) is 1. The van der Waals surface area contributed by atoms with Gasteiger partial charge in [0.2, 0.25) is 0 Å². The number of carbonyl (C=O) groups excluding carboxylic acids is 1. The predicted octanol–water partition coefficient (Wildman–Crippen LogP) is 1.07. The van der Waals surface area contributed by atoms with E-state index in [1.54, 1.807) is 25.4 Å². The second kappa shape index (κ2) is 5.13. The first-order chi connectivity index (χ1) is 6.33. The molecule has 0 aliphatic rings. The van der Waals surface area contributed by atoms with Crippen molar-refractivity contribution < 1.29 is 9.53 Å². The molecule has 1 aromatic rings. The molecule has 0 amide bonds. The van der Waals surface area contributed by atoms with Crippen LogP contribution in [-0.4, -0.2) is 22.5 Å². The maximum Gasteiger partial charge on any atom is 0.330 e. The number of esters is 1. The molecule has 0 unspecified atom stereocenters. The Bertz CT molecular complexity index is 278. The van der Waals surface area contributed by atoms with E-state index in [0.29, 0.717) is 13.0 Å². The lowest BCUT2D eigenvalue weighted by molar-refractivity contribution is -0.137. The fourth-order valence-corrected chi connectivity index (χ4v) is 0.867. The van der Waals surface area contributed by atoms with E-state index in [1.807, 2.05) is 0 Å². The van der Waals surface area contributed by atoms with Crippen LogP contribution in [0, 0.1) is 0 Å². The molecular weight excluding hydrogens is 168 g/mol. The Labute approximate surface area is 76.6 Å². The van der Waals surface area contributed by atoms with Crippen LogP contribution in [-0.2, 0) is 16.0 Å². The van der Waals surface area contributed by atoms with Gasteiger partial charge in [0.15, 0.2) is 0 Å². The van der Waals surface area contributed by atoms with Crippen LogP contribution < -0.4 is 0 Å². The lowest BCUT2D eigenvalue weighted by Gasteiger charge is -1.93. The summed E-state index contributed by atoms with van der Waals surface area (Å²) in [6.07, 6.45) is 7.16. The molecule has 0 saturated carbocycles. The lowest BCUT2D eigenvalue weighted by Crippen LogP contribution is -1.99. The number of imidazole rings is 1. The number of rotatable bonds is 4. The topological polar surface area (TPSA) is 55.0 Å². The summed E-state index contributed by atoms with van der Waals surface area (Å²) in [7, 11) is 0. The summed E-state index contributed by atoms with van der Waals surface area (Å²) in [4.78, 5) is 17.8. The number of hydrogen-bond donors (Lipinski definition) is 1. The summed E-state index contributed by atoms with van der Waals surface area (Å²) >= 11 is 0. The molecule has 70 valence electrons. The van der Waals surface area contributed by atoms with E-state index in [-0.39, 0.29) is 5.97 Å². The summed E-state index contributed by atoms with van der Waals surface area (Å²) in [6.45, 7) is 2.18. The summed E-state index contributed by atoms with van der Waals surface area (Å²) in [6, 6.07) is 0. The quantitative estimate of drug-likeness (QED) is 0.557. The molecule has 0 radical (unpaired) electrons. The average Bonchev–Trinajstić information content (AvgIpc) is 2.57. The largest absolute Gasteiger partial charge is 0.463 e. The molecule has 0 saturated heterocycles. The van der Waals surface area contributed by atoms with Crippen LogP contribution in [0.5, 0.6) is 0 Å². The van der Waals surface area contributed by atoms with Crippen LogP contribution >= 0.6 is 0 Å². The number of aromatic nitrogens is 2. The Morgan fingerprint density at radius 2 is 2.62 bits per heavy atom. The van der Waals surface area contributed by atoms with Gasteiger partial charge in [-0.25, -0.2) is 9.78 Å². The Balaban J connectivity index is 2.29. The van der Waals surface area contributed by atoms with Crippen molar-refractivity contribution in [3.63, 3.8) is 0 Å². The van der Waals surface area contributed by atoms with Gasteiger partial charge in [-0.05, 0) is 6.92 Å². The zero-order valence-corrected chi connectivity index (χ0v) is 7.49. The fourth-order valence-electron chi connectivity index (χ4n) is 0.867. The number of nitrogens with one attached hydrogen (secondary N) is 1. The highest BCUT2D eigenvalue weighted by Crippen LogP contribution is 1.91. The highest BCUT2D eigenvalue weighted by atomic mass is 16.5. The van der Waals surface area contributed by atoms with Gasteiger partial charge in [-0.15, -0.1) is 0 Å². The van der Waals surface area contributed by atoms with E-state index in [2.05, 4.69) is 9.97 Å². The first-order valence-corrected chi connectivity index (χ1v) is 4.14. The summed E-state index contributed by atoms with van der Waals surface area (Å²) in [5.74, 6) is 0.523. The van der Waals surface area contributed by atoms with Gasteiger partial charge < -0.3 is 9.72 Å². The van der Waals surface area contributed by atoms with Crippen molar-refractivity contribution in [1.82, 2.24) is 9.97 Å². The maximum absolute atomic E-state index is 10.8. The van der Waals surface area contributed by atoms with Gasteiger partial charge >= 0.3 is 5.97 Å². The van der Waals surface area contributed by atoms with Crippen LogP contribution in [0.3, 0.4) is 0 Å². The third-order valence-corrected chi connectivity index (χ3v) is 1.41.